The topological polar surface area (TPSA) is 55.4 Å². The summed E-state index contributed by atoms with van der Waals surface area (Å²) >= 11 is 0. The van der Waals surface area contributed by atoms with E-state index >= 15 is 0 Å². The zero-order valence-corrected chi connectivity index (χ0v) is 15.7. The summed E-state index contributed by atoms with van der Waals surface area (Å²) in [5, 5.41) is 0. The highest BCUT2D eigenvalue weighted by Gasteiger charge is 2.22. The van der Waals surface area contributed by atoms with Gasteiger partial charge in [-0.25, -0.2) is 13.1 Å². The number of methoxy groups -OCH3 is 1. The zero-order valence-electron chi connectivity index (χ0n) is 14.9. The second-order valence-electron chi connectivity index (χ2n) is 5.95. The number of rotatable bonds is 6. The summed E-state index contributed by atoms with van der Waals surface area (Å²) in [6.07, 6.45) is 0.963. The molecule has 4 nitrogen and oxygen atoms in total. The molecule has 1 N–H and O–H groups in total. The normalized spacial score (nSPS) is 12.9. The van der Waals surface area contributed by atoms with E-state index in [-0.39, 0.29) is 10.9 Å². The van der Waals surface area contributed by atoms with Crippen LogP contribution in [0.15, 0.2) is 41.3 Å². The number of hydrogen-bond donors (Lipinski definition) is 1. The van der Waals surface area contributed by atoms with E-state index in [1.165, 1.54) is 5.56 Å². The average molecular weight is 347 g/mol. The molecule has 0 spiro atoms. The molecule has 24 heavy (non-hydrogen) atoms. The van der Waals surface area contributed by atoms with Gasteiger partial charge in [-0.3, -0.25) is 0 Å². The van der Waals surface area contributed by atoms with Crippen LogP contribution in [0.4, 0.5) is 0 Å². The predicted octanol–water partition coefficient (Wildman–Crippen LogP) is 3.91. The Morgan fingerprint density at radius 1 is 1.04 bits per heavy atom. The quantitative estimate of drug-likeness (QED) is 0.862. The standard InChI is InChI=1S/C19H25NO3S/c1-6-16-7-9-17(10-8-16)15(4)20-24(21,22)19-12-11-18(23-5)13(2)14(19)3/h7-12,15,20H,6H2,1-5H3. The van der Waals surface area contributed by atoms with Crippen LogP contribution in [0.1, 0.15) is 42.1 Å². The molecule has 1 atom stereocenters. The zero-order chi connectivity index (χ0) is 17.9. The number of aryl methyl sites for hydroxylation is 1. The Hall–Kier alpha value is -1.85. The Morgan fingerprint density at radius 3 is 2.21 bits per heavy atom. The van der Waals surface area contributed by atoms with Crippen molar-refractivity contribution in [3.63, 3.8) is 0 Å². The highest BCUT2D eigenvalue weighted by atomic mass is 32.2. The van der Waals surface area contributed by atoms with E-state index in [1.807, 2.05) is 38.1 Å². The lowest BCUT2D eigenvalue weighted by atomic mass is 10.1. The third-order valence-corrected chi connectivity index (χ3v) is 6.10. The third-order valence-electron chi connectivity index (χ3n) is 4.42. The summed E-state index contributed by atoms with van der Waals surface area (Å²) in [5.41, 5.74) is 3.71. The minimum absolute atomic E-state index is 0.290. The number of hydrogen-bond acceptors (Lipinski definition) is 3. The molecule has 2 aromatic rings. The number of sulfonamides is 1. The van der Waals surface area contributed by atoms with Crippen molar-refractivity contribution in [2.45, 2.75) is 45.1 Å². The van der Waals surface area contributed by atoms with Crippen LogP contribution < -0.4 is 9.46 Å². The Kier molecular flexibility index (Phi) is 5.67. The lowest BCUT2D eigenvalue weighted by Gasteiger charge is -2.18. The number of benzene rings is 2. The van der Waals surface area contributed by atoms with Gasteiger partial charge in [0.15, 0.2) is 0 Å². The Morgan fingerprint density at radius 2 is 1.67 bits per heavy atom. The smallest absolute Gasteiger partial charge is 0.241 e. The van der Waals surface area contributed by atoms with Crippen molar-refractivity contribution in [2.75, 3.05) is 7.11 Å². The lowest BCUT2D eigenvalue weighted by Crippen LogP contribution is -2.27. The Labute approximate surface area is 144 Å². The maximum absolute atomic E-state index is 12.8. The molecule has 0 aliphatic carbocycles. The second-order valence-corrected chi connectivity index (χ2v) is 7.64. The summed E-state index contributed by atoms with van der Waals surface area (Å²) in [4.78, 5) is 0.290. The van der Waals surface area contributed by atoms with Gasteiger partial charge in [0.05, 0.1) is 12.0 Å². The fourth-order valence-corrected chi connectivity index (χ4v) is 4.22. The average Bonchev–Trinajstić information content (AvgIpc) is 2.56. The summed E-state index contributed by atoms with van der Waals surface area (Å²) < 4.78 is 33.5. The third kappa shape index (κ3) is 3.79. The van der Waals surface area contributed by atoms with Crippen LogP contribution in [0, 0.1) is 13.8 Å². The van der Waals surface area contributed by atoms with E-state index in [0.717, 1.165) is 17.5 Å². The van der Waals surface area contributed by atoms with Gasteiger partial charge in [-0.15, -0.1) is 0 Å². The molecule has 130 valence electrons. The molecule has 0 amide bonds. The molecule has 1 unspecified atom stereocenters. The first kappa shape index (κ1) is 18.5. The SMILES string of the molecule is CCc1ccc(C(C)NS(=O)(=O)c2ccc(OC)c(C)c2C)cc1. The molecule has 0 aliphatic heterocycles. The minimum atomic E-state index is -3.61. The van der Waals surface area contributed by atoms with E-state index < -0.39 is 10.0 Å². The first-order chi connectivity index (χ1) is 11.3. The van der Waals surface area contributed by atoms with Crippen LogP contribution in [0.5, 0.6) is 5.75 Å². The van der Waals surface area contributed by atoms with Crippen LogP contribution in [-0.4, -0.2) is 15.5 Å². The van der Waals surface area contributed by atoms with Crippen LogP contribution >= 0.6 is 0 Å². The van der Waals surface area contributed by atoms with Gasteiger partial charge < -0.3 is 4.74 Å². The van der Waals surface area contributed by atoms with Crippen LogP contribution in [0.3, 0.4) is 0 Å². The van der Waals surface area contributed by atoms with E-state index in [4.69, 9.17) is 4.74 Å². The molecule has 0 bridgehead atoms. The first-order valence-corrected chi connectivity index (χ1v) is 9.53. The lowest BCUT2D eigenvalue weighted by molar-refractivity contribution is 0.410. The molecule has 0 aliphatic rings. The molecule has 5 heteroatoms. The fraction of sp³-hybridized carbons (Fsp3) is 0.368. The highest BCUT2D eigenvalue weighted by molar-refractivity contribution is 7.89. The molecular weight excluding hydrogens is 322 g/mol. The molecule has 0 saturated heterocycles. The monoisotopic (exact) mass is 347 g/mol. The fourth-order valence-electron chi connectivity index (χ4n) is 2.69. The minimum Gasteiger partial charge on any atom is -0.496 e. The van der Waals surface area contributed by atoms with Crippen molar-refractivity contribution < 1.29 is 13.2 Å². The second kappa shape index (κ2) is 7.36. The van der Waals surface area contributed by atoms with Gasteiger partial charge in [-0.1, -0.05) is 31.2 Å². The molecule has 0 saturated carbocycles. The van der Waals surface area contributed by atoms with Gasteiger partial charge in [0.1, 0.15) is 5.75 Å². The number of ether oxygens (including phenoxy) is 1. The largest absolute Gasteiger partial charge is 0.496 e. The van der Waals surface area contributed by atoms with Crippen molar-refractivity contribution >= 4 is 10.0 Å². The van der Waals surface area contributed by atoms with Gasteiger partial charge in [0, 0.05) is 6.04 Å². The van der Waals surface area contributed by atoms with Gasteiger partial charge in [0.2, 0.25) is 10.0 Å². The van der Waals surface area contributed by atoms with Gasteiger partial charge in [-0.2, -0.15) is 0 Å². The highest BCUT2D eigenvalue weighted by Crippen LogP contribution is 2.27. The summed E-state index contributed by atoms with van der Waals surface area (Å²) in [5.74, 6) is 0.689. The summed E-state index contributed by atoms with van der Waals surface area (Å²) in [6, 6.07) is 11.0. The summed E-state index contributed by atoms with van der Waals surface area (Å²) in [6.45, 7) is 7.60. The van der Waals surface area contributed by atoms with E-state index in [2.05, 4.69) is 11.6 Å². The van der Waals surface area contributed by atoms with E-state index in [0.29, 0.717) is 11.3 Å². The molecule has 0 aromatic heterocycles. The van der Waals surface area contributed by atoms with Gasteiger partial charge in [-0.05, 0) is 61.6 Å². The molecule has 0 heterocycles. The van der Waals surface area contributed by atoms with Gasteiger partial charge in [0.25, 0.3) is 0 Å². The van der Waals surface area contributed by atoms with Crippen LogP contribution in [0.25, 0.3) is 0 Å². The van der Waals surface area contributed by atoms with Gasteiger partial charge >= 0.3 is 0 Å². The first-order valence-electron chi connectivity index (χ1n) is 8.05. The Bertz CT molecular complexity index is 811. The molecular formula is C19H25NO3S. The van der Waals surface area contributed by atoms with Crippen molar-refractivity contribution in [2.24, 2.45) is 0 Å². The molecule has 0 fully saturated rings. The molecule has 2 aromatic carbocycles. The summed E-state index contributed by atoms with van der Waals surface area (Å²) in [7, 11) is -2.03. The molecule has 0 radical (unpaired) electrons. The van der Waals surface area contributed by atoms with Crippen molar-refractivity contribution in [1.82, 2.24) is 4.72 Å². The maximum Gasteiger partial charge on any atom is 0.241 e. The molecule has 2 rings (SSSR count). The van der Waals surface area contributed by atoms with Crippen molar-refractivity contribution in [1.29, 1.82) is 0 Å². The van der Waals surface area contributed by atoms with Crippen molar-refractivity contribution in [3.05, 3.63) is 58.7 Å². The Balaban J connectivity index is 2.29. The maximum atomic E-state index is 12.8. The van der Waals surface area contributed by atoms with Crippen molar-refractivity contribution in [3.8, 4) is 5.75 Å². The van der Waals surface area contributed by atoms with E-state index in [9.17, 15) is 8.42 Å². The van der Waals surface area contributed by atoms with E-state index in [1.54, 1.807) is 26.2 Å². The number of nitrogens with one attached hydrogen (secondary N) is 1. The van der Waals surface area contributed by atoms with Crippen LogP contribution in [-0.2, 0) is 16.4 Å². The van der Waals surface area contributed by atoms with Crippen LogP contribution in [0.2, 0.25) is 0 Å². The predicted molar refractivity (Wildman–Crippen MR) is 97.0 cm³/mol.